The molecule has 0 aromatic carbocycles. The van der Waals surface area contributed by atoms with Crippen molar-refractivity contribution in [1.82, 2.24) is 36.4 Å². The van der Waals surface area contributed by atoms with Gasteiger partial charge in [-0.25, -0.2) is 20.4 Å². The van der Waals surface area contributed by atoms with Crippen LogP contribution >= 0.6 is 0 Å². The van der Waals surface area contributed by atoms with Crippen molar-refractivity contribution in [3.05, 3.63) is 12.2 Å². The fourth-order valence-corrected chi connectivity index (χ4v) is 8.31. The Morgan fingerprint density at radius 2 is 1.73 bits per heavy atom. The van der Waals surface area contributed by atoms with Crippen LogP contribution in [0.25, 0.3) is 0 Å². The molecule has 0 aromatic rings. The first-order valence-corrected chi connectivity index (χ1v) is 18.9. The standard InChI is InChI=1S/C36H61N7O6/c1-6-41(7-2)23-28-30(24-16-12-11-13-17-24)40-43(39-28)26-20-29-31(44)38-36(33(46)47)21-25(36)18-14-9-8-10-15-19-27(32(45)42(29)22-26)37-34(48)49-35(3,4)5/h14,18,24-30,39-40H,6-13,15-17,19-23H2,1-5H3,(H,37,48)(H,38,44)(H,46,47)/b18-14-/t25-,26+,27+,28?,29+,30?,36-/m1/s1. The van der Waals surface area contributed by atoms with Gasteiger partial charge in [0.25, 0.3) is 0 Å². The number of alkyl carbamates (subject to hydrolysis) is 1. The summed E-state index contributed by atoms with van der Waals surface area (Å²) in [4.78, 5) is 58.1. The molecule has 5 rings (SSSR count). The number of fused-ring (bicyclic) bond motifs is 2. The molecule has 3 heterocycles. The average Bonchev–Trinajstić information content (AvgIpc) is 3.36. The number of carboxylic acids is 1. The van der Waals surface area contributed by atoms with E-state index in [4.69, 9.17) is 4.74 Å². The first-order chi connectivity index (χ1) is 23.3. The number of hydrogen-bond donors (Lipinski definition) is 5. The van der Waals surface area contributed by atoms with Crippen molar-refractivity contribution >= 4 is 23.9 Å². The number of nitrogens with one attached hydrogen (secondary N) is 4. The van der Waals surface area contributed by atoms with E-state index in [-0.39, 0.29) is 36.5 Å². The van der Waals surface area contributed by atoms with Gasteiger partial charge in [-0.2, -0.15) is 5.12 Å². The van der Waals surface area contributed by atoms with Crippen LogP contribution in [-0.2, 0) is 19.1 Å². The van der Waals surface area contributed by atoms with E-state index in [1.54, 1.807) is 25.7 Å². The normalized spacial score (nSPS) is 34.4. The summed E-state index contributed by atoms with van der Waals surface area (Å²) in [6.07, 6.45) is 13.6. The van der Waals surface area contributed by atoms with Crippen molar-refractivity contribution < 1.29 is 29.0 Å². The number of carboxylic acid groups (broad SMARTS) is 1. The topological polar surface area (TPSA) is 156 Å². The number of carbonyl (C=O) groups is 4. The molecule has 2 aliphatic carbocycles. The van der Waals surface area contributed by atoms with Gasteiger partial charge < -0.3 is 30.3 Å². The number of amides is 3. The number of likely N-dealkylation sites (N-methyl/N-ethyl adjacent to an activating group) is 1. The summed E-state index contributed by atoms with van der Waals surface area (Å²) >= 11 is 0. The third-order valence-electron chi connectivity index (χ3n) is 11.2. The lowest BCUT2D eigenvalue weighted by Crippen LogP contribution is -2.56. The van der Waals surface area contributed by atoms with E-state index in [0.717, 1.165) is 38.9 Å². The van der Waals surface area contributed by atoms with E-state index in [2.05, 4.69) is 40.2 Å². The van der Waals surface area contributed by atoms with E-state index in [1.165, 1.54) is 32.1 Å². The van der Waals surface area contributed by atoms with Crippen molar-refractivity contribution in [2.24, 2.45) is 11.8 Å². The highest BCUT2D eigenvalue weighted by Crippen LogP contribution is 2.45. The average molecular weight is 688 g/mol. The molecule has 49 heavy (non-hydrogen) atoms. The Kier molecular flexibility index (Phi) is 12.3. The molecule has 0 aromatic heterocycles. The van der Waals surface area contributed by atoms with Crippen molar-refractivity contribution in [1.29, 1.82) is 0 Å². The fraction of sp³-hybridized carbons (Fsp3) is 0.833. The summed E-state index contributed by atoms with van der Waals surface area (Å²) in [5.41, 5.74) is 5.42. The maximum absolute atomic E-state index is 14.5. The largest absolute Gasteiger partial charge is 0.479 e. The first-order valence-electron chi connectivity index (χ1n) is 18.9. The maximum atomic E-state index is 14.5. The van der Waals surface area contributed by atoms with Crippen LogP contribution in [0.5, 0.6) is 0 Å². The van der Waals surface area contributed by atoms with Gasteiger partial charge in [-0.1, -0.05) is 58.1 Å². The maximum Gasteiger partial charge on any atom is 0.408 e. The number of rotatable bonds is 8. The zero-order valence-electron chi connectivity index (χ0n) is 30.3. The minimum absolute atomic E-state index is 0.168. The Morgan fingerprint density at radius 1 is 1.04 bits per heavy atom. The molecule has 2 saturated heterocycles. The smallest absolute Gasteiger partial charge is 0.408 e. The molecule has 4 fully saturated rings. The van der Waals surface area contributed by atoms with Crippen LogP contribution in [0.2, 0.25) is 0 Å². The highest BCUT2D eigenvalue weighted by Gasteiger charge is 2.61. The monoisotopic (exact) mass is 687 g/mol. The number of allylic oxidation sites excluding steroid dienone is 1. The molecular weight excluding hydrogens is 626 g/mol. The van der Waals surface area contributed by atoms with Gasteiger partial charge in [-0.15, -0.1) is 0 Å². The molecule has 5 aliphatic rings. The molecule has 3 amide bonds. The molecule has 13 heteroatoms. The Balaban J connectivity index is 1.41. The van der Waals surface area contributed by atoms with Crippen LogP contribution < -0.4 is 21.5 Å². The van der Waals surface area contributed by atoms with Crippen molar-refractivity contribution in [2.75, 3.05) is 26.2 Å². The van der Waals surface area contributed by atoms with Gasteiger partial charge in [-0.05, 0) is 84.7 Å². The van der Waals surface area contributed by atoms with E-state index in [1.807, 2.05) is 17.3 Å². The highest BCUT2D eigenvalue weighted by molar-refractivity contribution is 5.96. The predicted molar refractivity (Wildman–Crippen MR) is 186 cm³/mol. The molecule has 7 atom stereocenters. The summed E-state index contributed by atoms with van der Waals surface area (Å²) in [6, 6.07) is -1.63. The molecule has 2 saturated carbocycles. The Labute approximate surface area is 292 Å². The lowest BCUT2D eigenvalue weighted by Gasteiger charge is -2.32. The molecule has 13 nitrogen and oxygen atoms in total. The van der Waals surface area contributed by atoms with Gasteiger partial charge in [0.2, 0.25) is 11.8 Å². The number of aliphatic carboxylic acids is 1. The molecule has 3 aliphatic heterocycles. The summed E-state index contributed by atoms with van der Waals surface area (Å²) in [5, 5.41) is 18.0. The van der Waals surface area contributed by atoms with Crippen LogP contribution in [0.3, 0.4) is 0 Å². The Hall–Kier alpha value is -2.74. The van der Waals surface area contributed by atoms with E-state index < -0.39 is 41.2 Å². The quantitative estimate of drug-likeness (QED) is 0.240. The molecular formula is C36H61N7O6. The van der Waals surface area contributed by atoms with Crippen molar-refractivity contribution in [3.63, 3.8) is 0 Å². The zero-order chi connectivity index (χ0) is 35.3. The lowest BCUT2D eigenvalue weighted by atomic mass is 9.81. The Bertz CT molecular complexity index is 1210. The summed E-state index contributed by atoms with van der Waals surface area (Å²) in [6.45, 7) is 12.7. The second-order valence-electron chi connectivity index (χ2n) is 15.9. The molecule has 5 N–H and O–H groups in total. The van der Waals surface area contributed by atoms with Gasteiger partial charge in [-0.3, -0.25) is 9.59 Å². The van der Waals surface area contributed by atoms with Crippen LogP contribution in [0.15, 0.2) is 12.2 Å². The molecule has 0 bridgehead atoms. The molecule has 0 radical (unpaired) electrons. The van der Waals surface area contributed by atoms with Gasteiger partial charge in [0.1, 0.15) is 23.2 Å². The second kappa shape index (κ2) is 16.1. The Morgan fingerprint density at radius 3 is 2.41 bits per heavy atom. The van der Waals surface area contributed by atoms with Crippen LogP contribution in [0.1, 0.15) is 112 Å². The number of nitrogens with zero attached hydrogens (tertiary/aromatic N) is 3. The predicted octanol–water partition coefficient (Wildman–Crippen LogP) is 3.31. The van der Waals surface area contributed by atoms with E-state index >= 15 is 0 Å². The van der Waals surface area contributed by atoms with Gasteiger partial charge in [0.15, 0.2) is 0 Å². The second-order valence-corrected chi connectivity index (χ2v) is 15.9. The summed E-state index contributed by atoms with van der Waals surface area (Å²) in [5.74, 6) is -1.64. The van der Waals surface area contributed by atoms with Crippen LogP contribution in [0.4, 0.5) is 4.79 Å². The lowest BCUT2D eigenvalue weighted by molar-refractivity contribution is -0.145. The van der Waals surface area contributed by atoms with Gasteiger partial charge >= 0.3 is 12.1 Å². The molecule has 276 valence electrons. The van der Waals surface area contributed by atoms with E-state index in [9.17, 15) is 24.3 Å². The van der Waals surface area contributed by atoms with Crippen LogP contribution in [0, 0.1) is 11.8 Å². The first kappa shape index (κ1) is 37.5. The number of ether oxygens (including phenoxy) is 1. The summed E-state index contributed by atoms with van der Waals surface area (Å²) in [7, 11) is 0. The van der Waals surface area contributed by atoms with Crippen molar-refractivity contribution in [3.8, 4) is 0 Å². The minimum atomic E-state index is -1.38. The van der Waals surface area contributed by atoms with Gasteiger partial charge in [0.05, 0.1) is 12.1 Å². The van der Waals surface area contributed by atoms with Gasteiger partial charge in [0, 0.05) is 25.0 Å². The van der Waals surface area contributed by atoms with E-state index in [0.29, 0.717) is 31.6 Å². The summed E-state index contributed by atoms with van der Waals surface area (Å²) < 4.78 is 5.53. The SMILES string of the molecule is CCN(CC)CC1NN([C@H]2C[C@H]3C(=O)N[C@]4(C(=O)O)C[C@H]4/C=C\CCCCC[C@H](NC(=O)OC(C)(C)C)C(=O)N3C2)NC1C1CCCCC1. The number of carbonyl (C=O) groups excluding carboxylic acids is 3. The minimum Gasteiger partial charge on any atom is -0.479 e. The number of hydrazine groups is 2. The zero-order valence-corrected chi connectivity index (χ0v) is 30.3. The molecule has 2 unspecified atom stereocenters. The van der Waals surface area contributed by atoms with Crippen LogP contribution in [-0.4, -0.2) is 111 Å². The highest BCUT2D eigenvalue weighted by atomic mass is 16.6. The van der Waals surface area contributed by atoms with Crippen molar-refractivity contribution in [2.45, 2.75) is 153 Å². The number of hydrogen-bond acceptors (Lipinski definition) is 9. The molecule has 0 spiro atoms. The third-order valence-corrected chi connectivity index (χ3v) is 11.2. The third kappa shape index (κ3) is 9.14. The fourth-order valence-electron chi connectivity index (χ4n) is 8.31.